The van der Waals surface area contributed by atoms with Crippen LogP contribution in [-0.2, 0) is 0 Å². The van der Waals surface area contributed by atoms with Gasteiger partial charge in [0.15, 0.2) is 0 Å². The third-order valence-corrected chi connectivity index (χ3v) is 2.87. The molecule has 0 bridgehead atoms. The van der Waals surface area contributed by atoms with Gasteiger partial charge in [-0.3, -0.25) is 4.99 Å². The van der Waals surface area contributed by atoms with Gasteiger partial charge in [0.25, 0.3) is 0 Å². The van der Waals surface area contributed by atoms with E-state index in [2.05, 4.69) is 16.4 Å². The summed E-state index contributed by atoms with van der Waals surface area (Å²) in [4.78, 5) is 4.16. The van der Waals surface area contributed by atoms with Crippen molar-refractivity contribution in [3.05, 3.63) is 11.8 Å². The SMILES string of the molecule is CN=C1CC=C(C2CCCC2)N1. The van der Waals surface area contributed by atoms with Crippen molar-refractivity contribution in [1.82, 2.24) is 5.32 Å². The van der Waals surface area contributed by atoms with Crippen LogP contribution in [0, 0.1) is 5.92 Å². The number of nitrogens with one attached hydrogen (secondary N) is 1. The first-order valence-electron chi connectivity index (χ1n) is 4.83. The lowest BCUT2D eigenvalue weighted by atomic mass is 10.0. The molecule has 0 aromatic rings. The molecule has 66 valence electrons. The Labute approximate surface area is 73.8 Å². The molecule has 12 heavy (non-hydrogen) atoms. The predicted molar refractivity (Wildman–Crippen MR) is 51.2 cm³/mol. The molecule has 0 spiro atoms. The molecule has 0 aromatic carbocycles. The fraction of sp³-hybridized carbons (Fsp3) is 0.700. The maximum Gasteiger partial charge on any atom is 0.104 e. The van der Waals surface area contributed by atoms with Crippen LogP contribution in [0.2, 0.25) is 0 Å². The third-order valence-electron chi connectivity index (χ3n) is 2.87. The quantitative estimate of drug-likeness (QED) is 0.630. The molecule has 1 fully saturated rings. The van der Waals surface area contributed by atoms with E-state index in [1.54, 1.807) is 0 Å². The van der Waals surface area contributed by atoms with Crippen LogP contribution in [0.15, 0.2) is 16.8 Å². The molecule has 0 atom stereocenters. The van der Waals surface area contributed by atoms with Gasteiger partial charge >= 0.3 is 0 Å². The van der Waals surface area contributed by atoms with Gasteiger partial charge in [-0.1, -0.05) is 18.9 Å². The zero-order valence-electron chi connectivity index (χ0n) is 7.64. The highest BCUT2D eigenvalue weighted by Gasteiger charge is 2.22. The summed E-state index contributed by atoms with van der Waals surface area (Å²) in [6.45, 7) is 0. The molecule has 1 N–H and O–H groups in total. The second-order valence-corrected chi connectivity index (χ2v) is 3.64. The van der Waals surface area contributed by atoms with E-state index in [1.807, 2.05) is 7.05 Å². The van der Waals surface area contributed by atoms with E-state index in [0.717, 1.165) is 18.2 Å². The van der Waals surface area contributed by atoms with E-state index in [-0.39, 0.29) is 0 Å². The Morgan fingerprint density at radius 2 is 2.17 bits per heavy atom. The molecular weight excluding hydrogens is 148 g/mol. The predicted octanol–water partition coefficient (Wildman–Crippen LogP) is 2.08. The lowest BCUT2D eigenvalue weighted by Crippen LogP contribution is -2.19. The van der Waals surface area contributed by atoms with Crippen molar-refractivity contribution in [2.75, 3.05) is 7.05 Å². The van der Waals surface area contributed by atoms with Crippen LogP contribution in [0.25, 0.3) is 0 Å². The summed E-state index contributed by atoms with van der Waals surface area (Å²) in [5.74, 6) is 1.95. The Morgan fingerprint density at radius 1 is 1.42 bits per heavy atom. The first-order chi connectivity index (χ1) is 5.90. The minimum atomic E-state index is 0.809. The van der Waals surface area contributed by atoms with Crippen LogP contribution in [0.4, 0.5) is 0 Å². The maximum absolute atomic E-state index is 4.16. The number of hydrogen-bond donors (Lipinski definition) is 1. The van der Waals surface area contributed by atoms with E-state index >= 15 is 0 Å². The lowest BCUT2D eigenvalue weighted by molar-refractivity contribution is 0.620. The van der Waals surface area contributed by atoms with Crippen LogP contribution in [0.1, 0.15) is 32.1 Å². The zero-order chi connectivity index (χ0) is 8.39. The molecule has 2 aliphatic rings. The highest BCUT2D eigenvalue weighted by atomic mass is 15.0. The summed E-state index contributed by atoms with van der Waals surface area (Å²) in [6.07, 6.45) is 8.87. The summed E-state index contributed by atoms with van der Waals surface area (Å²) in [5.41, 5.74) is 1.44. The Kier molecular flexibility index (Phi) is 2.15. The van der Waals surface area contributed by atoms with E-state index in [0.29, 0.717) is 0 Å². The minimum absolute atomic E-state index is 0.809. The highest BCUT2D eigenvalue weighted by Crippen LogP contribution is 2.31. The summed E-state index contributed by atoms with van der Waals surface area (Å²) in [6, 6.07) is 0. The number of hydrogen-bond acceptors (Lipinski definition) is 1. The largest absolute Gasteiger partial charge is 0.347 e. The smallest absolute Gasteiger partial charge is 0.104 e. The first-order valence-corrected chi connectivity index (χ1v) is 4.83. The average molecular weight is 164 g/mol. The molecule has 1 heterocycles. The Hall–Kier alpha value is -0.790. The third kappa shape index (κ3) is 1.38. The van der Waals surface area contributed by atoms with Crippen molar-refractivity contribution in [1.29, 1.82) is 0 Å². The van der Waals surface area contributed by atoms with Crippen LogP contribution in [0.3, 0.4) is 0 Å². The van der Waals surface area contributed by atoms with Crippen LogP contribution < -0.4 is 5.32 Å². The minimum Gasteiger partial charge on any atom is -0.347 e. The molecule has 1 aliphatic heterocycles. The van der Waals surface area contributed by atoms with Crippen molar-refractivity contribution >= 4 is 5.84 Å². The number of nitrogens with zero attached hydrogens (tertiary/aromatic N) is 1. The van der Waals surface area contributed by atoms with Crippen LogP contribution in [-0.4, -0.2) is 12.9 Å². The molecule has 1 saturated carbocycles. The van der Waals surface area contributed by atoms with E-state index in [1.165, 1.54) is 31.4 Å². The van der Waals surface area contributed by atoms with Crippen molar-refractivity contribution < 1.29 is 0 Å². The molecule has 2 nitrogen and oxygen atoms in total. The summed E-state index contributed by atoms with van der Waals surface area (Å²) in [7, 11) is 1.85. The molecule has 2 rings (SSSR count). The standard InChI is InChI=1S/C10H16N2/c1-11-10-7-6-9(12-10)8-4-2-3-5-8/h6,8H,2-5,7H2,1H3,(H,11,12). The van der Waals surface area contributed by atoms with Gasteiger partial charge in [0.2, 0.25) is 0 Å². The number of rotatable bonds is 1. The van der Waals surface area contributed by atoms with Crippen molar-refractivity contribution in [2.24, 2.45) is 10.9 Å². The molecule has 0 radical (unpaired) electrons. The van der Waals surface area contributed by atoms with Crippen LogP contribution in [0.5, 0.6) is 0 Å². The number of aliphatic imine (C=N–C) groups is 1. The summed E-state index contributed by atoms with van der Waals surface area (Å²) >= 11 is 0. The normalized spacial score (nSPS) is 27.8. The van der Waals surface area contributed by atoms with Crippen molar-refractivity contribution in [3.8, 4) is 0 Å². The van der Waals surface area contributed by atoms with Gasteiger partial charge in [-0.05, 0) is 18.8 Å². The molecule has 0 amide bonds. The van der Waals surface area contributed by atoms with Crippen LogP contribution >= 0.6 is 0 Å². The van der Waals surface area contributed by atoms with Gasteiger partial charge < -0.3 is 5.32 Å². The highest BCUT2D eigenvalue weighted by molar-refractivity contribution is 5.87. The number of allylic oxidation sites excluding steroid dienone is 1. The second kappa shape index (κ2) is 3.30. The van der Waals surface area contributed by atoms with Gasteiger partial charge in [-0.15, -0.1) is 0 Å². The van der Waals surface area contributed by atoms with Crippen molar-refractivity contribution in [2.45, 2.75) is 32.1 Å². The molecule has 0 unspecified atom stereocenters. The van der Waals surface area contributed by atoms with E-state index in [9.17, 15) is 0 Å². The van der Waals surface area contributed by atoms with Gasteiger partial charge in [0.1, 0.15) is 5.84 Å². The molecule has 0 saturated heterocycles. The topological polar surface area (TPSA) is 24.4 Å². The van der Waals surface area contributed by atoms with Gasteiger partial charge in [-0.2, -0.15) is 0 Å². The lowest BCUT2D eigenvalue weighted by Gasteiger charge is -2.11. The zero-order valence-corrected chi connectivity index (χ0v) is 7.64. The molecule has 1 aliphatic carbocycles. The molecular formula is C10H16N2. The molecule has 2 heteroatoms. The fourth-order valence-electron chi connectivity index (χ4n) is 2.13. The van der Waals surface area contributed by atoms with Gasteiger partial charge in [0.05, 0.1) is 0 Å². The summed E-state index contributed by atoms with van der Waals surface area (Å²) in [5, 5.41) is 3.39. The van der Waals surface area contributed by atoms with Gasteiger partial charge in [0, 0.05) is 19.2 Å². The maximum atomic E-state index is 4.16. The Balaban J connectivity index is 1.97. The van der Waals surface area contributed by atoms with E-state index < -0.39 is 0 Å². The van der Waals surface area contributed by atoms with Crippen molar-refractivity contribution in [3.63, 3.8) is 0 Å². The monoisotopic (exact) mass is 164 g/mol. The Morgan fingerprint density at radius 3 is 2.75 bits per heavy atom. The summed E-state index contributed by atoms with van der Waals surface area (Å²) < 4.78 is 0. The average Bonchev–Trinajstić information content (AvgIpc) is 2.75. The van der Waals surface area contributed by atoms with Gasteiger partial charge in [-0.25, -0.2) is 0 Å². The van der Waals surface area contributed by atoms with E-state index in [4.69, 9.17) is 0 Å². The second-order valence-electron chi connectivity index (χ2n) is 3.64. The molecule has 0 aromatic heterocycles. The first kappa shape index (κ1) is 7.84. The number of amidine groups is 1. The fourth-order valence-corrected chi connectivity index (χ4v) is 2.13. The Bertz CT molecular complexity index is 222.